The van der Waals surface area contributed by atoms with Gasteiger partial charge in [0.2, 0.25) is 23.6 Å². The molecule has 1 aliphatic heterocycles. The number of nitrogens with zero attached hydrogens (tertiary/aromatic N) is 1. The van der Waals surface area contributed by atoms with E-state index in [4.69, 9.17) is 21.4 Å². The van der Waals surface area contributed by atoms with Gasteiger partial charge in [0.05, 0.1) is 12.6 Å². The number of fused-ring (bicyclic) bond motifs is 1. The first-order valence-corrected chi connectivity index (χ1v) is 13.4. The van der Waals surface area contributed by atoms with Crippen molar-refractivity contribution in [3.63, 3.8) is 0 Å². The highest BCUT2D eigenvalue weighted by Gasteiger charge is 2.38. The summed E-state index contributed by atoms with van der Waals surface area (Å²) in [5, 5.41) is 22.2. The number of phenolic OH excluding ortho intramolecular Hbond substituents is 1. The number of carbonyl (C=O) groups excluding carboxylic acids is 4. The number of aryl methyl sites for hydroxylation is 2. The molecule has 0 aromatic heterocycles. The van der Waals surface area contributed by atoms with Gasteiger partial charge in [-0.1, -0.05) is 31.2 Å². The summed E-state index contributed by atoms with van der Waals surface area (Å²) in [5.41, 5.74) is 15.7. The van der Waals surface area contributed by atoms with Gasteiger partial charge in [-0.05, 0) is 67.1 Å². The molecule has 12 nitrogen and oxygen atoms in total. The maximum atomic E-state index is 13.3. The SMILES string of the molecule is Cc1cc(O)cc(C)c1C[C@H](N)C(=O)N[C@H](C)C(=O)N[C@H]1C(=O)N(CC(N)=O)Cc2ccccc2[C@H]1C.O=C(O)C(F)(F)F. The summed E-state index contributed by atoms with van der Waals surface area (Å²) in [5.74, 6) is -5.15. The van der Waals surface area contributed by atoms with Crippen LogP contribution in [0, 0.1) is 13.8 Å². The van der Waals surface area contributed by atoms with Crippen LogP contribution in [0.3, 0.4) is 0 Å². The van der Waals surface area contributed by atoms with Gasteiger partial charge in [0, 0.05) is 12.5 Å². The van der Waals surface area contributed by atoms with E-state index in [1.807, 2.05) is 45.0 Å². The van der Waals surface area contributed by atoms with Crippen molar-refractivity contribution in [2.24, 2.45) is 11.5 Å². The second kappa shape index (κ2) is 14.7. The minimum Gasteiger partial charge on any atom is -0.508 e. The van der Waals surface area contributed by atoms with Crippen LogP contribution >= 0.6 is 0 Å². The lowest BCUT2D eigenvalue weighted by Crippen LogP contribution is -2.56. The summed E-state index contributed by atoms with van der Waals surface area (Å²) >= 11 is 0. The number of nitrogens with two attached hydrogens (primary N) is 2. The number of carboxylic acids is 1. The van der Waals surface area contributed by atoms with Crippen LogP contribution < -0.4 is 22.1 Å². The van der Waals surface area contributed by atoms with Crippen molar-refractivity contribution in [2.75, 3.05) is 6.54 Å². The molecule has 2 aromatic rings. The molecule has 0 saturated heterocycles. The number of halogens is 3. The molecule has 4 atom stereocenters. The van der Waals surface area contributed by atoms with E-state index in [2.05, 4.69) is 10.6 Å². The molecule has 240 valence electrons. The fraction of sp³-hybridized carbons (Fsp3) is 0.414. The summed E-state index contributed by atoms with van der Waals surface area (Å²) < 4.78 is 31.7. The van der Waals surface area contributed by atoms with Gasteiger partial charge in [0.25, 0.3) is 0 Å². The molecule has 0 aliphatic carbocycles. The van der Waals surface area contributed by atoms with E-state index in [1.54, 1.807) is 12.1 Å². The Morgan fingerprint density at radius 1 is 1.09 bits per heavy atom. The number of amides is 4. The van der Waals surface area contributed by atoms with Crippen molar-refractivity contribution < 1.29 is 47.4 Å². The van der Waals surface area contributed by atoms with Crippen LogP contribution in [-0.2, 0) is 36.9 Å². The van der Waals surface area contributed by atoms with Crippen LogP contribution in [0.4, 0.5) is 13.2 Å². The Balaban J connectivity index is 0.000000860. The molecule has 0 spiro atoms. The zero-order chi connectivity index (χ0) is 33.5. The van der Waals surface area contributed by atoms with E-state index in [-0.39, 0.29) is 31.2 Å². The standard InChI is InChI=1S/C27H35N5O5.C2HF3O2/c1-14-9-19(33)10-15(2)21(14)11-22(28)26(36)30-17(4)25(35)31-24-16(3)20-8-6-5-7-18(20)12-32(27(24)37)13-23(29)34;3-2(4,5)1(6)7/h5-10,16-17,22,24,33H,11-13,28H2,1-4H3,(H2,29,34)(H,30,36)(H,31,35);(H,6,7)/t16-,17-,22+,24-;/m1./s1. The Kier molecular flexibility index (Phi) is 11.9. The highest BCUT2D eigenvalue weighted by Crippen LogP contribution is 2.29. The molecule has 1 heterocycles. The first kappa shape index (κ1) is 35.5. The number of carboxylic acid groups (broad SMARTS) is 1. The van der Waals surface area contributed by atoms with Crippen molar-refractivity contribution in [2.45, 2.75) is 70.9 Å². The fourth-order valence-electron chi connectivity index (χ4n) is 4.77. The van der Waals surface area contributed by atoms with Crippen LogP contribution in [0.15, 0.2) is 36.4 Å². The van der Waals surface area contributed by atoms with Gasteiger partial charge in [-0.2, -0.15) is 13.2 Å². The van der Waals surface area contributed by atoms with Crippen LogP contribution in [-0.4, -0.2) is 75.6 Å². The van der Waals surface area contributed by atoms with Crippen molar-refractivity contribution in [3.8, 4) is 5.75 Å². The van der Waals surface area contributed by atoms with E-state index in [0.717, 1.165) is 27.8 Å². The van der Waals surface area contributed by atoms with Crippen molar-refractivity contribution in [1.29, 1.82) is 0 Å². The number of phenols is 1. The summed E-state index contributed by atoms with van der Waals surface area (Å²) in [7, 11) is 0. The predicted octanol–water partition coefficient (Wildman–Crippen LogP) is 1.13. The largest absolute Gasteiger partial charge is 0.508 e. The number of primary amides is 1. The number of hydrogen-bond donors (Lipinski definition) is 6. The minimum atomic E-state index is -5.08. The fourth-order valence-corrected chi connectivity index (χ4v) is 4.77. The third kappa shape index (κ3) is 9.42. The third-order valence-electron chi connectivity index (χ3n) is 7.07. The highest BCUT2D eigenvalue weighted by molar-refractivity contribution is 5.94. The molecule has 4 amide bonds. The number of carbonyl (C=O) groups is 5. The molecular weight excluding hydrogens is 587 g/mol. The molecule has 0 fully saturated rings. The maximum absolute atomic E-state index is 13.3. The van der Waals surface area contributed by atoms with Gasteiger partial charge in [-0.3, -0.25) is 19.2 Å². The Morgan fingerprint density at radius 3 is 2.16 bits per heavy atom. The highest BCUT2D eigenvalue weighted by atomic mass is 19.4. The van der Waals surface area contributed by atoms with Gasteiger partial charge < -0.3 is 37.2 Å². The number of aliphatic carboxylic acids is 1. The molecular formula is C29H36F3N5O7. The monoisotopic (exact) mass is 623 g/mol. The zero-order valence-corrected chi connectivity index (χ0v) is 24.6. The summed E-state index contributed by atoms with van der Waals surface area (Å²) in [6.07, 6.45) is -4.85. The third-order valence-corrected chi connectivity index (χ3v) is 7.07. The molecule has 0 bridgehead atoms. The number of rotatable bonds is 8. The van der Waals surface area contributed by atoms with E-state index in [1.165, 1.54) is 11.8 Å². The second-order valence-corrected chi connectivity index (χ2v) is 10.5. The zero-order valence-electron chi connectivity index (χ0n) is 24.6. The Labute approximate surface area is 251 Å². The lowest BCUT2D eigenvalue weighted by atomic mass is 9.90. The van der Waals surface area contributed by atoms with Gasteiger partial charge in [0.1, 0.15) is 17.8 Å². The lowest BCUT2D eigenvalue weighted by molar-refractivity contribution is -0.192. The van der Waals surface area contributed by atoms with Gasteiger partial charge in [-0.25, -0.2) is 4.79 Å². The Bertz CT molecular complexity index is 1390. The first-order valence-electron chi connectivity index (χ1n) is 13.4. The van der Waals surface area contributed by atoms with Crippen molar-refractivity contribution in [3.05, 3.63) is 64.2 Å². The molecule has 0 radical (unpaired) electrons. The number of nitrogens with one attached hydrogen (secondary N) is 2. The average molecular weight is 624 g/mol. The quantitative estimate of drug-likeness (QED) is 0.251. The molecule has 8 N–H and O–H groups in total. The number of benzene rings is 2. The molecule has 0 unspecified atom stereocenters. The van der Waals surface area contributed by atoms with E-state index in [9.17, 15) is 37.5 Å². The smallest absolute Gasteiger partial charge is 0.490 e. The first-order chi connectivity index (χ1) is 20.3. The minimum absolute atomic E-state index is 0.140. The number of aromatic hydroxyl groups is 1. The van der Waals surface area contributed by atoms with Gasteiger partial charge in [-0.15, -0.1) is 0 Å². The maximum Gasteiger partial charge on any atom is 0.490 e. The topological polar surface area (TPSA) is 205 Å². The van der Waals surface area contributed by atoms with Crippen LogP contribution in [0.5, 0.6) is 5.75 Å². The van der Waals surface area contributed by atoms with E-state index in [0.29, 0.717) is 0 Å². The molecule has 3 rings (SSSR count). The molecule has 15 heteroatoms. The van der Waals surface area contributed by atoms with E-state index < -0.39 is 53.9 Å². The van der Waals surface area contributed by atoms with Crippen LogP contribution in [0.25, 0.3) is 0 Å². The Hall–Kier alpha value is -4.66. The Morgan fingerprint density at radius 2 is 1.64 bits per heavy atom. The molecule has 2 aromatic carbocycles. The number of alkyl halides is 3. The van der Waals surface area contributed by atoms with Gasteiger partial charge in [0.15, 0.2) is 0 Å². The molecule has 44 heavy (non-hydrogen) atoms. The van der Waals surface area contributed by atoms with Gasteiger partial charge >= 0.3 is 12.1 Å². The van der Waals surface area contributed by atoms with E-state index >= 15 is 0 Å². The second-order valence-electron chi connectivity index (χ2n) is 10.5. The van der Waals surface area contributed by atoms with Crippen molar-refractivity contribution >= 4 is 29.6 Å². The number of hydrogen-bond acceptors (Lipinski definition) is 7. The van der Waals surface area contributed by atoms with Crippen LogP contribution in [0.2, 0.25) is 0 Å². The predicted molar refractivity (Wildman–Crippen MR) is 152 cm³/mol. The normalized spacial score (nSPS) is 17.6. The average Bonchev–Trinajstić information content (AvgIpc) is 3.00. The summed E-state index contributed by atoms with van der Waals surface area (Å²) in [6, 6.07) is 7.82. The summed E-state index contributed by atoms with van der Waals surface area (Å²) in [6.45, 7) is 6.92. The lowest BCUT2D eigenvalue weighted by Gasteiger charge is -2.28. The van der Waals surface area contributed by atoms with Crippen LogP contribution in [0.1, 0.15) is 47.6 Å². The molecule has 0 saturated carbocycles. The van der Waals surface area contributed by atoms with Crippen molar-refractivity contribution in [1.82, 2.24) is 15.5 Å². The summed E-state index contributed by atoms with van der Waals surface area (Å²) in [4.78, 5) is 61.0. The molecule has 1 aliphatic rings.